The average molecular weight is 1680 g/mol. The van der Waals surface area contributed by atoms with Gasteiger partial charge in [-0.05, 0) is 148 Å². The minimum atomic E-state index is -4.94. The first-order valence-corrected chi connectivity index (χ1v) is 49.4. The van der Waals surface area contributed by atoms with Crippen molar-refractivity contribution in [3.05, 3.63) is 170 Å². The van der Waals surface area contributed by atoms with Gasteiger partial charge in [-0.3, -0.25) is 32.5 Å². The van der Waals surface area contributed by atoms with Crippen molar-refractivity contribution >= 4 is 33.6 Å². The van der Waals surface area contributed by atoms with Crippen molar-refractivity contribution < 1.29 is 75.8 Å². The number of rotatable bonds is 87. The monoisotopic (exact) mass is 1680 g/mol. The summed E-state index contributed by atoms with van der Waals surface area (Å²) in [7, 11) is -9.81. The summed E-state index contributed by atoms with van der Waals surface area (Å²) in [5, 5.41) is 20.7. The van der Waals surface area contributed by atoms with Crippen molar-refractivity contribution in [2.75, 3.05) is 39.6 Å². The standard InChI is InChI=1S/C99H168O16P2/c1-4-7-10-13-16-19-22-25-28-31-33-35-37-39-41-43-44-45-46-47-48-50-52-53-55-57-59-62-64-67-70-73-76-79-82-85-97(102)109-88-94(100)89-111-116(105,106)112-90-95(101)91-113-117(107,108)114-93-96(115-99(104)87-84-81-78-75-72-69-66-61-30-27-24-21-18-15-12-9-6-3)92-110-98(103)86-83-80-77-74-71-68-65-63-60-58-56-54-51-49-42-40-38-36-34-32-29-26-23-20-17-14-11-8-5-2/h7-12,16-21,25-30,33-36,39-42,44-45,94-96,100-101H,4-6,13-15,22-24,31-32,37-38,43,46-93H2,1-3H3,(H,105,106)(H,107,108)/b10-7-,11-8-,12-9-,19-16-,20-17-,21-18-,28-25-,29-26-,30-27-,35-33-,36-34-,41-39-,42-40-,45-44-. The summed E-state index contributed by atoms with van der Waals surface area (Å²) in [5.41, 5.74) is 0. The number of unbranched alkanes of at least 4 members (excludes halogenated alkanes) is 36. The largest absolute Gasteiger partial charge is 0.472 e. The summed E-state index contributed by atoms with van der Waals surface area (Å²) >= 11 is 0. The third-order valence-corrected chi connectivity index (χ3v) is 21.3. The van der Waals surface area contributed by atoms with Crippen LogP contribution in [-0.2, 0) is 55.8 Å². The molecule has 0 amide bonds. The van der Waals surface area contributed by atoms with E-state index in [9.17, 15) is 43.5 Å². The van der Waals surface area contributed by atoms with Crippen molar-refractivity contribution in [2.24, 2.45) is 0 Å². The lowest BCUT2D eigenvalue weighted by atomic mass is 10.0. The zero-order valence-electron chi connectivity index (χ0n) is 73.8. The molecule has 0 saturated carbocycles. The highest BCUT2D eigenvalue weighted by molar-refractivity contribution is 7.47. The maximum absolute atomic E-state index is 13.0. The number of carbonyl (C=O) groups excluding carboxylic acids is 3. The molecule has 0 aromatic heterocycles. The molecule has 5 atom stereocenters. The van der Waals surface area contributed by atoms with E-state index in [-0.39, 0.29) is 19.3 Å². The van der Waals surface area contributed by atoms with Gasteiger partial charge in [-0.15, -0.1) is 0 Å². The van der Waals surface area contributed by atoms with Crippen molar-refractivity contribution in [3.63, 3.8) is 0 Å². The molecule has 0 rings (SSSR count). The summed E-state index contributed by atoms with van der Waals surface area (Å²) in [4.78, 5) is 59.0. The first-order chi connectivity index (χ1) is 57.2. The van der Waals surface area contributed by atoms with Gasteiger partial charge in [-0.25, -0.2) is 9.13 Å². The lowest BCUT2D eigenvalue weighted by molar-refractivity contribution is -0.161. The van der Waals surface area contributed by atoms with Crippen molar-refractivity contribution in [1.82, 2.24) is 0 Å². The molecule has 0 spiro atoms. The van der Waals surface area contributed by atoms with Crippen LogP contribution in [-0.4, -0.2) is 95.9 Å². The highest BCUT2D eigenvalue weighted by Gasteiger charge is 2.29. The number of phosphoric acid groups is 2. The van der Waals surface area contributed by atoms with Crippen LogP contribution in [0.25, 0.3) is 0 Å². The fourth-order valence-electron chi connectivity index (χ4n) is 12.5. The molecule has 0 aliphatic heterocycles. The maximum Gasteiger partial charge on any atom is 0.472 e. The zero-order valence-corrected chi connectivity index (χ0v) is 75.6. The van der Waals surface area contributed by atoms with Crippen LogP contribution >= 0.6 is 15.6 Å². The second kappa shape index (κ2) is 90.2. The minimum Gasteiger partial charge on any atom is -0.463 e. The predicted octanol–water partition coefficient (Wildman–Crippen LogP) is 28.7. The molecule has 0 aliphatic rings. The molecule has 4 N–H and O–H groups in total. The van der Waals surface area contributed by atoms with Crippen LogP contribution < -0.4 is 0 Å². The minimum absolute atomic E-state index is 0.0905. The number of phosphoric ester groups is 2. The van der Waals surface area contributed by atoms with E-state index in [0.29, 0.717) is 19.3 Å². The number of aliphatic hydroxyl groups is 2. The van der Waals surface area contributed by atoms with Gasteiger partial charge >= 0.3 is 33.6 Å². The third kappa shape index (κ3) is 91.5. The number of carbonyl (C=O) groups is 3. The Kier molecular flexibility index (Phi) is 86.2. The van der Waals surface area contributed by atoms with Crippen LogP contribution in [0.2, 0.25) is 0 Å². The number of esters is 3. The Bertz CT molecular complexity index is 2810. The molecule has 18 heteroatoms. The van der Waals surface area contributed by atoms with E-state index < -0.39 is 91.5 Å². The lowest BCUT2D eigenvalue weighted by Gasteiger charge is -2.21. The first-order valence-electron chi connectivity index (χ1n) is 46.4. The van der Waals surface area contributed by atoms with Gasteiger partial charge in [0.05, 0.1) is 26.4 Å². The SMILES string of the molecule is CC/C=C\C/C=C\C/C=C\C/C=C\C/C=C\C/C=C\CCCCCCCCCCCCCCCCCCC(=O)OCC(O)COP(=O)(O)OCC(O)COP(=O)(O)OCC(COC(=O)CCCCCCCCCCCCCCC/C=C\C/C=C\C/C=C\C/C=C\C/C=C\CC)OC(=O)CCCCCCCCC/C=C\C/C=C\C/C=C\CC. The first kappa shape index (κ1) is 112. The molecule has 5 unspecified atom stereocenters. The second-order valence-corrected chi connectivity index (χ2v) is 33.6. The Labute approximate surface area is 713 Å². The summed E-state index contributed by atoms with van der Waals surface area (Å²) in [6.45, 7) is 2.38. The van der Waals surface area contributed by atoms with Gasteiger partial charge in [0, 0.05) is 19.3 Å². The average Bonchev–Trinajstić information content (AvgIpc) is 0.901. The summed E-state index contributed by atoms with van der Waals surface area (Å²) < 4.78 is 61.5. The fourth-order valence-corrected chi connectivity index (χ4v) is 14.1. The second-order valence-electron chi connectivity index (χ2n) is 30.7. The lowest BCUT2D eigenvalue weighted by Crippen LogP contribution is -2.30. The molecule has 0 aromatic carbocycles. The highest BCUT2D eigenvalue weighted by Crippen LogP contribution is 2.45. The Hall–Kier alpha value is -5.09. The molecule has 0 saturated heterocycles. The Morgan fingerprint density at radius 3 is 0.675 bits per heavy atom. The summed E-state index contributed by atoms with van der Waals surface area (Å²) in [6.07, 6.45) is 117. The normalized spacial score (nSPS) is 14.6. The Balaban J connectivity index is 4.48. The topological polar surface area (TPSA) is 231 Å². The van der Waals surface area contributed by atoms with Crippen LogP contribution in [0.5, 0.6) is 0 Å². The van der Waals surface area contributed by atoms with Crippen LogP contribution in [0.4, 0.5) is 0 Å². The van der Waals surface area contributed by atoms with E-state index in [2.05, 4.69) is 191 Å². The highest BCUT2D eigenvalue weighted by atomic mass is 31.2. The van der Waals surface area contributed by atoms with E-state index in [1.807, 2.05) is 0 Å². The van der Waals surface area contributed by atoms with Gasteiger partial charge in [-0.2, -0.15) is 0 Å². The molecule has 0 aliphatic carbocycles. The van der Waals surface area contributed by atoms with Gasteiger partial charge in [0.2, 0.25) is 0 Å². The number of aliphatic hydroxyl groups excluding tert-OH is 2. The fraction of sp³-hybridized carbons (Fsp3) is 0.687. The van der Waals surface area contributed by atoms with Crippen molar-refractivity contribution in [1.29, 1.82) is 0 Å². The van der Waals surface area contributed by atoms with E-state index in [1.165, 1.54) is 135 Å². The number of allylic oxidation sites excluding steroid dienone is 28. The quantitative estimate of drug-likeness (QED) is 0.0146. The molecule has 0 fully saturated rings. The number of hydrogen-bond donors (Lipinski definition) is 4. The van der Waals surface area contributed by atoms with Crippen LogP contribution in [0.3, 0.4) is 0 Å². The predicted molar refractivity (Wildman–Crippen MR) is 491 cm³/mol. The van der Waals surface area contributed by atoms with Gasteiger partial charge in [0.15, 0.2) is 6.10 Å². The molecule has 0 bridgehead atoms. The van der Waals surface area contributed by atoms with Crippen molar-refractivity contribution in [2.45, 2.75) is 399 Å². The molecular weight excluding hydrogens is 1510 g/mol. The van der Waals surface area contributed by atoms with E-state index in [1.54, 1.807) is 0 Å². The maximum atomic E-state index is 13.0. The molecule has 16 nitrogen and oxygen atoms in total. The molecule has 0 aromatic rings. The molecule has 117 heavy (non-hydrogen) atoms. The van der Waals surface area contributed by atoms with Gasteiger partial charge in [-0.1, -0.05) is 384 Å². The molecule has 0 radical (unpaired) electrons. The zero-order chi connectivity index (χ0) is 85.1. The van der Waals surface area contributed by atoms with Gasteiger partial charge in [0.1, 0.15) is 25.4 Å². The van der Waals surface area contributed by atoms with Crippen molar-refractivity contribution in [3.8, 4) is 0 Å². The van der Waals surface area contributed by atoms with E-state index >= 15 is 0 Å². The van der Waals surface area contributed by atoms with E-state index in [0.717, 1.165) is 186 Å². The number of hydrogen-bond acceptors (Lipinski definition) is 14. The molecule has 0 heterocycles. The Morgan fingerprint density at radius 1 is 0.239 bits per heavy atom. The number of ether oxygens (including phenoxy) is 3. The van der Waals surface area contributed by atoms with Crippen LogP contribution in [0.1, 0.15) is 380 Å². The third-order valence-electron chi connectivity index (χ3n) is 19.4. The summed E-state index contributed by atoms with van der Waals surface area (Å²) in [5.74, 6) is -1.58. The van der Waals surface area contributed by atoms with Gasteiger partial charge < -0.3 is 34.2 Å². The van der Waals surface area contributed by atoms with E-state index in [4.69, 9.17) is 32.3 Å². The smallest absolute Gasteiger partial charge is 0.463 e. The molecule has 670 valence electrons. The van der Waals surface area contributed by atoms with Crippen LogP contribution in [0.15, 0.2) is 170 Å². The Morgan fingerprint density at radius 2 is 0.427 bits per heavy atom. The summed E-state index contributed by atoms with van der Waals surface area (Å²) in [6, 6.07) is 0. The molecular formula is C99H168O16P2. The van der Waals surface area contributed by atoms with Crippen LogP contribution in [0, 0.1) is 0 Å². The van der Waals surface area contributed by atoms with Gasteiger partial charge in [0.25, 0.3) is 0 Å².